The molecule has 0 spiro atoms. The summed E-state index contributed by atoms with van der Waals surface area (Å²) in [4.78, 5) is 0.821. The lowest BCUT2D eigenvalue weighted by Crippen LogP contribution is -1.85. The minimum absolute atomic E-state index is 0.486. The molecular weight excluding hydrogens is 255 g/mol. The van der Waals surface area contributed by atoms with Crippen molar-refractivity contribution in [3.63, 3.8) is 0 Å². The summed E-state index contributed by atoms with van der Waals surface area (Å²) in [5.74, 6) is 1.69. The van der Waals surface area contributed by atoms with Crippen molar-refractivity contribution in [1.29, 1.82) is 0 Å². The molecule has 3 nitrogen and oxygen atoms in total. The lowest BCUT2D eigenvalue weighted by molar-refractivity contribution is 0.503. The lowest BCUT2D eigenvalue weighted by Gasteiger charge is -1.90. The average molecular weight is 263 g/mol. The lowest BCUT2D eigenvalue weighted by atomic mass is 10.3. The van der Waals surface area contributed by atoms with E-state index in [-0.39, 0.29) is 0 Å². The van der Waals surface area contributed by atoms with Crippen LogP contribution in [0.25, 0.3) is 10.8 Å². The normalized spacial score (nSPS) is 10.8. The molecule has 0 aromatic carbocycles. The minimum atomic E-state index is 0.486. The van der Waals surface area contributed by atoms with Gasteiger partial charge in [-0.05, 0) is 17.9 Å². The van der Waals surface area contributed by atoms with Gasteiger partial charge >= 0.3 is 0 Å². The molecule has 2 aromatic rings. The van der Waals surface area contributed by atoms with E-state index in [4.69, 9.17) is 27.6 Å². The van der Waals surface area contributed by atoms with Crippen LogP contribution in [0.3, 0.4) is 0 Å². The van der Waals surface area contributed by atoms with E-state index in [0.29, 0.717) is 29.1 Å². The molecule has 6 heteroatoms. The maximum atomic E-state index is 5.95. The Morgan fingerprint density at radius 3 is 2.93 bits per heavy atom. The molecule has 0 atom stereocenters. The summed E-state index contributed by atoms with van der Waals surface area (Å²) in [5, 5.41) is 10.4. The molecule has 0 saturated carbocycles. The summed E-state index contributed by atoms with van der Waals surface area (Å²) < 4.78 is 5.46. The van der Waals surface area contributed by atoms with E-state index in [1.165, 1.54) is 11.3 Å². The van der Waals surface area contributed by atoms with E-state index >= 15 is 0 Å². The van der Waals surface area contributed by atoms with E-state index in [1.807, 2.05) is 11.4 Å². The maximum Gasteiger partial charge on any atom is 0.259 e. The third kappa shape index (κ3) is 2.51. The van der Waals surface area contributed by atoms with Gasteiger partial charge in [0.1, 0.15) is 4.88 Å². The Morgan fingerprint density at radius 1 is 1.40 bits per heavy atom. The first kappa shape index (κ1) is 10.9. The molecule has 0 aliphatic rings. The average Bonchev–Trinajstić information content (AvgIpc) is 2.83. The zero-order valence-electron chi connectivity index (χ0n) is 7.74. The fourth-order valence-corrected chi connectivity index (χ4v) is 2.30. The van der Waals surface area contributed by atoms with Crippen molar-refractivity contribution in [3.05, 3.63) is 22.4 Å². The van der Waals surface area contributed by atoms with Gasteiger partial charge in [0.15, 0.2) is 0 Å². The molecule has 2 heterocycles. The quantitative estimate of drug-likeness (QED) is 0.791. The molecule has 0 aliphatic carbocycles. The monoisotopic (exact) mass is 262 g/mol. The molecule has 0 fully saturated rings. The molecule has 0 unspecified atom stereocenters. The van der Waals surface area contributed by atoms with Gasteiger partial charge in [-0.3, -0.25) is 0 Å². The van der Waals surface area contributed by atoms with Crippen LogP contribution >= 0.6 is 34.5 Å². The Kier molecular flexibility index (Phi) is 3.61. The van der Waals surface area contributed by atoms with Crippen LogP contribution in [0.2, 0.25) is 5.02 Å². The molecule has 0 amide bonds. The van der Waals surface area contributed by atoms with Crippen molar-refractivity contribution in [2.24, 2.45) is 0 Å². The number of aryl methyl sites for hydroxylation is 1. The second-order valence-corrected chi connectivity index (χ2v) is 4.59. The van der Waals surface area contributed by atoms with Gasteiger partial charge in [0, 0.05) is 12.3 Å². The Labute approximate surface area is 101 Å². The first-order valence-corrected chi connectivity index (χ1v) is 6.22. The predicted molar refractivity (Wildman–Crippen MR) is 61.7 cm³/mol. The summed E-state index contributed by atoms with van der Waals surface area (Å²) in [7, 11) is 0. The summed E-state index contributed by atoms with van der Waals surface area (Å²) in [5.41, 5.74) is 0. The van der Waals surface area contributed by atoms with Crippen LogP contribution in [-0.4, -0.2) is 16.1 Å². The molecule has 0 saturated heterocycles. The van der Waals surface area contributed by atoms with Crippen LogP contribution in [0.15, 0.2) is 15.9 Å². The number of halogens is 2. The van der Waals surface area contributed by atoms with Gasteiger partial charge in [-0.2, -0.15) is 0 Å². The standard InChI is InChI=1S/C9H8Cl2N2OS/c10-4-1-2-7-12-13-9(14-7)8-6(11)3-5-15-8/h3,5H,1-2,4H2. The SMILES string of the molecule is ClCCCc1nnc(-c2sccc2Cl)o1. The zero-order chi connectivity index (χ0) is 10.7. The zero-order valence-corrected chi connectivity index (χ0v) is 10.1. The number of alkyl halides is 1. The van der Waals surface area contributed by atoms with Crippen molar-refractivity contribution in [1.82, 2.24) is 10.2 Å². The molecule has 0 bridgehead atoms. The molecule has 2 aromatic heterocycles. The van der Waals surface area contributed by atoms with Crippen LogP contribution in [0.4, 0.5) is 0 Å². The second-order valence-electron chi connectivity index (χ2n) is 2.89. The molecule has 80 valence electrons. The van der Waals surface area contributed by atoms with E-state index < -0.39 is 0 Å². The number of rotatable bonds is 4. The van der Waals surface area contributed by atoms with E-state index in [2.05, 4.69) is 10.2 Å². The highest BCUT2D eigenvalue weighted by Gasteiger charge is 2.12. The first-order chi connectivity index (χ1) is 7.31. The molecule has 2 rings (SSSR count). The van der Waals surface area contributed by atoms with Gasteiger partial charge in [0.05, 0.1) is 5.02 Å². The van der Waals surface area contributed by atoms with Gasteiger partial charge in [-0.1, -0.05) is 11.6 Å². The van der Waals surface area contributed by atoms with Crippen molar-refractivity contribution < 1.29 is 4.42 Å². The summed E-state index contributed by atoms with van der Waals surface area (Å²) in [6.07, 6.45) is 1.54. The third-order valence-electron chi connectivity index (χ3n) is 1.80. The van der Waals surface area contributed by atoms with Crippen molar-refractivity contribution >= 4 is 34.5 Å². The number of thiophene rings is 1. The van der Waals surface area contributed by atoms with Gasteiger partial charge in [-0.25, -0.2) is 0 Å². The highest BCUT2D eigenvalue weighted by molar-refractivity contribution is 7.14. The molecular formula is C9H8Cl2N2OS. The van der Waals surface area contributed by atoms with Crippen LogP contribution in [0.1, 0.15) is 12.3 Å². The smallest absolute Gasteiger partial charge is 0.259 e. The van der Waals surface area contributed by atoms with Gasteiger partial charge in [0.2, 0.25) is 5.89 Å². The topological polar surface area (TPSA) is 38.9 Å². The Bertz CT molecular complexity index is 441. The van der Waals surface area contributed by atoms with Gasteiger partial charge < -0.3 is 4.42 Å². The van der Waals surface area contributed by atoms with E-state index in [1.54, 1.807) is 0 Å². The van der Waals surface area contributed by atoms with E-state index in [0.717, 1.165) is 11.3 Å². The van der Waals surface area contributed by atoms with Crippen LogP contribution in [0, 0.1) is 0 Å². The molecule has 0 radical (unpaired) electrons. The van der Waals surface area contributed by atoms with E-state index in [9.17, 15) is 0 Å². The fraction of sp³-hybridized carbons (Fsp3) is 0.333. The predicted octanol–water partition coefficient (Wildman–Crippen LogP) is 3.62. The minimum Gasteiger partial charge on any atom is -0.420 e. The molecule has 0 aliphatic heterocycles. The largest absolute Gasteiger partial charge is 0.420 e. The van der Waals surface area contributed by atoms with Crippen LogP contribution in [-0.2, 0) is 6.42 Å². The van der Waals surface area contributed by atoms with Gasteiger partial charge in [0.25, 0.3) is 5.89 Å². The highest BCUT2D eigenvalue weighted by atomic mass is 35.5. The highest BCUT2D eigenvalue weighted by Crippen LogP contribution is 2.32. The maximum absolute atomic E-state index is 5.95. The van der Waals surface area contributed by atoms with Gasteiger partial charge in [-0.15, -0.1) is 33.1 Å². The Morgan fingerprint density at radius 2 is 2.27 bits per heavy atom. The number of aromatic nitrogens is 2. The number of nitrogens with zero attached hydrogens (tertiary/aromatic N) is 2. The summed E-state index contributed by atoms with van der Waals surface area (Å²) >= 11 is 13.0. The third-order valence-corrected chi connectivity index (χ3v) is 3.40. The summed E-state index contributed by atoms with van der Waals surface area (Å²) in [6.45, 7) is 0. The second kappa shape index (κ2) is 4.96. The molecule has 0 N–H and O–H groups in total. The number of hydrogen-bond acceptors (Lipinski definition) is 4. The number of hydrogen-bond donors (Lipinski definition) is 0. The summed E-state index contributed by atoms with van der Waals surface area (Å²) in [6, 6.07) is 1.81. The van der Waals surface area contributed by atoms with Crippen LogP contribution < -0.4 is 0 Å². The van der Waals surface area contributed by atoms with Crippen LogP contribution in [0.5, 0.6) is 0 Å². The molecule has 15 heavy (non-hydrogen) atoms. The van der Waals surface area contributed by atoms with Crippen molar-refractivity contribution in [2.75, 3.05) is 5.88 Å². The Hall–Kier alpha value is -0.580. The Balaban J connectivity index is 2.17. The van der Waals surface area contributed by atoms with Crippen molar-refractivity contribution in [2.45, 2.75) is 12.8 Å². The fourth-order valence-electron chi connectivity index (χ4n) is 1.11. The first-order valence-electron chi connectivity index (χ1n) is 4.43. The van der Waals surface area contributed by atoms with Crippen molar-refractivity contribution in [3.8, 4) is 10.8 Å².